The second-order valence-electron chi connectivity index (χ2n) is 3.62. The summed E-state index contributed by atoms with van der Waals surface area (Å²) in [6.45, 7) is 1.92. The highest BCUT2D eigenvalue weighted by molar-refractivity contribution is 7.09. The van der Waals surface area contributed by atoms with E-state index in [1.165, 1.54) is 6.08 Å². The number of aryl methyl sites for hydroxylation is 1. The van der Waals surface area contributed by atoms with Crippen molar-refractivity contribution in [2.45, 2.75) is 6.92 Å². The van der Waals surface area contributed by atoms with Gasteiger partial charge in [-0.3, -0.25) is 4.79 Å². The number of amides is 1. The number of carbonyl (C=O) groups excluding carboxylic acids is 1. The lowest BCUT2D eigenvalue weighted by atomic mass is 10.3. The van der Waals surface area contributed by atoms with Crippen LogP contribution in [0.5, 0.6) is 0 Å². The van der Waals surface area contributed by atoms with Crippen molar-refractivity contribution in [3.8, 4) is 0 Å². The number of carbonyl (C=O) groups is 1. The van der Waals surface area contributed by atoms with Crippen LogP contribution in [0.1, 0.15) is 10.7 Å². The van der Waals surface area contributed by atoms with Gasteiger partial charge in [0.05, 0.1) is 10.7 Å². The predicted octanol–water partition coefficient (Wildman–Crippen LogP) is 3.76. The zero-order valence-corrected chi connectivity index (χ0v) is 11.3. The number of anilines is 1. The van der Waals surface area contributed by atoms with Gasteiger partial charge < -0.3 is 5.32 Å². The fraction of sp³-hybridized carbons (Fsp3) is 0.0769. The maximum Gasteiger partial charge on any atom is 0.248 e. The van der Waals surface area contributed by atoms with Gasteiger partial charge in [-0.1, -0.05) is 17.7 Å². The van der Waals surface area contributed by atoms with Crippen LogP contribution in [0.3, 0.4) is 0 Å². The average molecular weight is 279 g/mol. The van der Waals surface area contributed by atoms with Gasteiger partial charge >= 0.3 is 0 Å². The first-order chi connectivity index (χ1) is 8.63. The minimum atomic E-state index is -0.206. The second-order valence-corrected chi connectivity index (χ2v) is 5.12. The van der Waals surface area contributed by atoms with Crippen molar-refractivity contribution < 1.29 is 4.79 Å². The molecule has 0 unspecified atom stereocenters. The van der Waals surface area contributed by atoms with E-state index in [1.807, 2.05) is 12.3 Å². The van der Waals surface area contributed by atoms with Crippen LogP contribution in [0.2, 0.25) is 5.02 Å². The summed E-state index contributed by atoms with van der Waals surface area (Å²) in [5.41, 5.74) is 1.46. The van der Waals surface area contributed by atoms with E-state index in [-0.39, 0.29) is 5.91 Å². The number of rotatable bonds is 3. The SMILES string of the molecule is Cc1nc(/C=C/C(=O)Nc2cccc(Cl)c2)cs1. The predicted molar refractivity (Wildman–Crippen MR) is 76.0 cm³/mol. The molecule has 92 valence electrons. The molecule has 0 aliphatic rings. The Morgan fingerprint density at radius 3 is 3.00 bits per heavy atom. The third-order valence-electron chi connectivity index (χ3n) is 2.13. The summed E-state index contributed by atoms with van der Waals surface area (Å²) in [7, 11) is 0. The van der Waals surface area contributed by atoms with E-state index in [9.17, 15) is 4.79 Å². The van der Waals surface area contributed by atoms with Gasteiger partial charge in [-0.05, 0) is 31.2 Å². The summed E-state index contributed by atoms with van der Waals surface area (Å²) in [6, 6.07) is 7.02. The Balaban J connectivity index is 1.98. The summed E-state index contributed by atoms with van der Waals surface area (Å²) < 4.78 is 0. The molecule has 1 amide bonds. The first kappa shape index (κ1) is 12.8. The van der Waals surface area contributed by atoms with Crippen molar-refractivity contribution >= 4 is 40.6 Å². The monoisotopic (exact) mass is 278 g/mol. The highest BCUT2D eigenvalue weighted by Gasteiger charge is 1.99. The molecule has 0 fully saturated rings. The maximum absolute atomic E-state index is 11.6. The quantitative estimate of drug-likeness (QED) is 0.869. The molecule has 0 atom stereocenters. The average Bonchev–Trinajstić information content (AvgIpc) is 2.73. The van der Waals surface area contributed by atoms with Crippen molar-refractivity contribution in [1.29, 1.82) is 0 Å². The normalized spacial score (nSPS) is 10.8. The number of halogens is 1. The number of hydrogen-bond donors (Lipinski definition) is 1. The van der Waals surface area contributed by atoms with Crippen molar-refractivity contribution in [2.24, 2.45) is 0 Å². The van der Waals surface area contributed by atoms with E-state index in [0.29, 0.717) is 10.7 Å². The topological polar surface area (TPSA) is 42.0 Å². The molecule has 1 aromatic heterocycles. The Kier molecular flexibility index (Phi) is 4.12. The third-order valence-corrected chi connectivity index (χ3v) is 3.16. The van der Waals surface area contributed by atoms with Gasteiger partial charge in [0.1, 0.15) is 0 Å². The highest BCUT2D eigenvalue weighted by Crippen LogP contribution is 2.15. The fourth-order valence-corrected chi connectivity index (χ4v) is 2.14. The largest absolute Gasteiger partial charge is 0.322 e. The van der Waals surface area contributed by atoms with Crippen LogP contribution in [0.4, 0.5) is 5.69 Å². The number of nitrogens with zero attached hydrogens (tertiary/aromatic N) is 1. The molecule has 1 N–H and O–H groups in total. The van der Waals surface area contributed by atoms with Crippen molar-refractivity contribution in [3.05, 3.63) is 51.4 Å². The molecule has 0 spiro atoms. The number of benzene rings is 1. The Bertz CT molecular complexity index is 592. The Morgan fingerprint density at radius 1 is 1.50 bits per heavy atom. The van der Waals surface area contributed by atoms with E-state index < -0.39 is 0 Å². The lowest BCUT2D eigenvalue weighted by Crippen LogP contribution is -2.07. The first-order valence-electron chi connectivity index (χ1n) is 5.30. The molecular formula is C13H11ClN2OS. The number of aromatic nitrogens is 1. The molecular weight excluding hydrogens is 268 g/mol. The van der Waals surface area contributed by atoms with E-state index in [2.05, 4.69) is 10.3 Å². The third kappa shape index (κ3) is 3.68. The van der Waals surface area contributed by atoms with Gasteiger partial charge in [0, 0.05) is 22.2 Å². The minimum Gasteiger partial charge on any atom is -0.322 e. The number of hydrogen-bond acceptors (Lipinski definition) is 3. The lowest BCUT2D eigenvalue weighted by Gasteiger charge is -2.01. The smallest absolute Gasteiger partial charge is 0.248 e. The van der Waals surface area contributed by atoms with Crippen LogP contribution in [-0.4, -0.2) is 10.9 Å². The van der Waals surface area contributed by atoms with Crippen molar-refractivity contribution in [3.63, 3.8) is 0 Å². The van der Waals surface area contributed by atoms with Crippen molar-refractivity contribution in [1.82, 2.24) is 4.98 Å². The fourth-order valence-electron chi connectivity index (χ4n) is 1.37. The zero-order valence-electron chi connectivity index (χ0n) is 9.68. The summed E-state index contributed by atoms with van der Waals surface area (Å²) >= 11 is 7.38. The molecule has 0 aliphatic heterocycles. The van der Waals surface area contributed by atoms with Crippen LogP contribution < -0.4 is 5.32 Å². The van der Waals surface area contributed by atoms with Gasteiger partial charge in [-0.2, -0.15) is 0 Å². The number of nitrogens with one attached hydrogen (secondary N) is 1. The molecule has 5 heteroatoms. The molecule has 3 nitrogen and oxygen atoms in total. The molecule has 0 radical (unpaired) electrons. The van der Waals surface area contributed by atoms with E-state index in [1.54, 1.807) is 41.7 Å². The van der Waals surface area contributed by atoms with Crippen LogP contribution in [-0.2, 0) is 4.79 Å². The number of thiazole rings is 1. The molecule has 1 heterocycles. The van der Waals surface area contributed by atoms with Gasteiger partial charge in [0.25, 0.3) is 0 Å². The molecule has 0 saturated heterocycles. The minimum absolute atomic E-state index is 0.206. The molecule has 18 heavy (non-hydrogen) atoms. The summed E-state index contributed by atoms with van der Waals surface area (Å²) in [4.78, 5) is 15.9. The maximum atomic E-state index is 11.6. The summed E-state index contributed by atoms with van der Waals surface area (Å²) in [6.07, 6.45) is 3.14. The Labute approximate surface area is 114 Å². The van der Waals surface area contributed by atoms with E-state index in [0.717, 1.165) is 10.7 Å². The van der Waals surface area contributed by atoms with Crippen LogP contribution in [0.15, 0.2) is 35.7 Å². The molecule has 0 bridgehead atoms. The van der Waals surface area contributed by atoms with Crippen LogP contribution in [0.25, 0.3) is 6.08 Å². The summed E-state index contributed by atoms with van der Waals surface area (Å²) in [5, 5.41) is 6.19. The van der Waals surface area contributed by atoms with E-state index >= 15 is 0 Å². The summed E-state index contributed by atoms with van der Waals surface area (Å²) in [5.74, 6) is -0.206. The van der Waals surface area contributed by atoms with Gasteiger partial charge in [-0.15, -0.1) is 11.3 Å². The first-order valence-corrected chi connectivity index (χ1v) is 6.56. The highest BCUT2D eigenvalue weighted by atomic mass is 35.5. The standard InChI is InChI=1S/C13H11ClN2OS/c1-9-15-12(8-18-9)5-6-13(17)16-11-4-2-3-10(14)7-11/h2-8H,1H3,(H,16,17)/b6-5+. The zero-order chi connectivity index (χ0) is 13.0. The molecule has 0 saturated carbocycles. The van der Waals surface area contributed by atoms with Gasteiger partial charge in [0.2, 0.25) is 5.91 Å². The van der Waals surface area contributed by atoms with Gasteiger partial charge in [-0.25, -0.2) is 4.98 Å². The lowest BCUT2D eigenvalue weighted by molar-refractivity contribution is -0.111. The molecule has 0 aliphatic carbocycles. The van der Waals surface area contributed by atoms with Crippen LogP contribution in [0, 0.1) is 6.92 Å². The Morgan fingerprint density at radius 2 is 2.33 bits per heavy atom. The molecule has 2 rings (SSSR count). The van der Waals surface area contributed by atoms with E-state index in [4.69, 9.17) is 11.6 Å². The van der Waals surface area contributed by atoms with Crippen molar-refractivity contribution in [2.75, 3.05) is 5.32 Å². The van der Waals surface area contributed by atoms with Crippen LogP contribution >= 0.6 is 22.9 Å². The molecule has 2 aromatic rings. The molecule has 1 aromatic carbocycles. The second kappa shape index (κ2) is 5.80. The Hall–Kier alpha value is -1.65. The van der Waals surface area contributed by atoms with Gasteiger partial charge in [0.15, 0.2) is 0 Å².